The maximum atomic E-state index is 13.3. The Morgan fingerprint density at radius 3 is 2.49 bits per heavy atom. The summed E-state index contributed by atoms with van der Waals surface area (Å²) in [6, 6.07) is 15.8. The summed E-state index contributed by atoms with van der Waals surface area (Å²) in [6.07, 6.45) is 9.59. The van der Waals surface area contributed by atoms with Crippen molar-refractivity contribution in [3.05, 3.63) is 76.9 Å². The summed E-state index contributed by atoms with van der Waals surface area (Å²) in [5.74, 6) is -0.0331. The van der Waals surface area contributed by atoms with Gasteiger partial charge in [-0.2, -0.15) is 9.78 Å². The zero-order valence-corrected chi connectivity index (χ0v) is 21.8. The number of aromatic nitrogens is 3. The second-order valence-corrected chi connectivity index (χ2v) is 10.7. The van der Waals surface area contributed by atoms with E-state index in [1.165, 1.54) is 28.7 Å². The molecule has 1 aliphatic carbocycles. The fourth-order valence-corrected chi connectivity index (χ4v) is 4.74. The number of hydrogen-bond donors (Lipinski definition) is 2. The number of nitrogens with zero attached hydrogens (tertiary/aromatic N) is 4. The van der Waals surface area contributed by atoms with E-state index in [1.54, 1.807) is 6.21 Å². The maximum Gasteiger partial charge on any atom is 0.257 e. The van der Waals surface area contributed by atoms with Crippen LogP contribution in [0, 0.1) is 0 Å². The molecule has 0 saturated heterocycles. The Morgan fingerprint density at radius 2 is 1.81 bits per heavy atom. The number of nitrogens with one attached hydrogen (secondary N) is 1. The molecule has 7 heteroatoms. The highest BCUT2D eigenvalue weighted by molar-refractivity contribution is 6.10. The standard InChI is InChI=1S/C30H34N6O/c1-30(2,3)22-15-13-21(14-16-22)19-33-36-27(31)25(29(37)32-18-17-20-9-5-4-6-10-20)26-28(36)35-24-12-8-7-11-23(24)34-26/h7-9,11-16,19H,4-6,10,17-18,31H2,1-3H3,(H,32,37)/b33-19-. The van der Waals surface area contributed by atoms with E-state index in [9.17, 15) is 4.79 Å². The van der Waals surface area contributed by atoms with Crippen molar-refractivity contribution in [1.82, 2.24) is 20.0 Å². The molecule has 0 unspecified atom stereocenters. The number of para-hydroxylation sites is 2. The first-order valence-corrected chi connectivity index (χ1v) is 13.0. The van der Waals surface area contributed by atoms with Gasteiger partial charge in [0, 0.05) is 6.54 Å². The number of amides is 1. The number of hydrogen-bond acceptors (Lipinski definition) is 5. The van der Waals surface area contributed by atoms with Crippen LogP contribution in [0.3, 0.4) is 0 Å². The lowest BCUT2D eigenvalue weighted by atomic mass is 9.87. The molecule has 0 aliphatic heterocycles. The van der Waals surface area contributed by atoms with Crippen LogP contribution in [0.25, 0.3) is 22.2 Å². The highest BCUT2D eigenvalue weighted by Gasteiger charge is 2.24. The number of carbonyl (C=O) groups is 1. The maximum absolute atomic E-state index is 13.3. The monoisotopic (exact) mass is 494 g/mol. The van der Waals surface area contributed by atoms with Crippen LogP contribution in [0.4, 0.5) is 5.82 Å². The lowest BCUT2D eigenvalue weighted by Gasteiger charge is -2.18. The third kappa shape index (κ3) is 5.26. The Labute approximate surface area is 217 Å². The fourth-order valence-electron chi connectivity index (χ4n) is 4.74. The summed E-state index contributed by atoms with van der Waals surface area (Å²) < 4.78 is 1.52. The molecule has 0 spiro atoms. The van der Waals surface area contributed by atoms with Crippen molar-refractivity contribution in [2.75, 3.05) is 12.3 Å². The number of fused-ring (bicyclic) bond motifs is 2. The average Bonchev–Trinajstić information content (AvgIpc) is 3.16. The van der Waals surface area contributed by atoms with Crippen molar-refractivity contribution in [3.8, 4) is 0 Å². The van der Waals surface area contributed by atoms with Gasteiger partial charge >= 0.3 is 0 Å². The molecule has 1 amide bonds. The molecule has 7 nitrogen and oxygen atoms in total. The Kier molecular flexibility index (Phi) is 6.78. The Bertz CT molecular complexity index is 1510. The molecule has 5 rings (SSSR count). The molecule has 2 aromatic heterocycles. The van der Waals surface area contributed by atoms with Gasteiger partial charge < -0.3 is 11.1 Å². The van der Waals surface area contributed by atoms with E-state index in [0.717, 1.165) is 30.3 Å². The molecule has 2 heterocycles. The van der Waals surface area contributed by atoms with Crippen LogP contribution in [-0.4, -0.2) is 33.3 Å². The highest BCUT2D eigenvalue weighted by Crippen LogP contribution is 2.28. The first-order valence-electron chi connectivity index (χ1n) is 13.0. The van der Waals surface area contributed by atoms with Crippen molar-refractivity contribution in [2.24, 2.45) is 5.10 Å². The van der Waals surface area contributed by atoms with Gasteiger partial charge in [0.1, 0.15) is 16.9 Å². The quantitative estimate of drug-likeness (QED) is 0.255. The molecule has 1 aliphatic rings. The minimum atomic E-state index is -0.257. The van der Waals surface area contributed by atoms with Crippen LogP contribution in [0.15, 0.2) is 65.3 Å². The van der Waals surface area contributed by atoms with Gasteiger partial charge in [-0.25, -0.2) is 9.97 Å². The minimum absolute atomic E-state index is 0.0726. The predicted molar refractivity (Wildman–Crippen MR) is 151 cm³/mol. The molecule has 0 saturated carbocycles. The van der Waals surface area contributed by atoms with Crippen molar-refractivity contribution in [2.45, 2.75) is 58.3 Å². The number of allylic oxidation sites excluding steroid dienone is 1. The van der Waals surface area contributed by atoms with Gasteiger partial charge in [-0.1, -0.05) is 68.8 Å². The SMILES string of the molecule is CC(C)(C)c1ccc(/C=N\n2c(N)c(C(=O)NCCC3=CCCCC3)c3nc4ccccc4nc32)cc1. The number of nitrogen functional groups attached to an aromatic ring is 1. The van der Waals surface area contributed by atoms with Crippen LogP contribution in [-0.2, 0) is 5.41 Å². The summed E-state index contributed by atoms with van der Waals surface area (Å²) in [7, 11) is 0. The van der Waals surface area contributed by atoms with E-state index in [1.807, 2.05) is 36.4 Å². The van der Waals surface area contributed by atoms with Crippen molar-refractivity contribution >= 4 is 40.1 Å². The first kappa shape index (κ1) is 24.7. The largest absolute Gasteiger partial charge is 0.383 e. The number of carbonyl (C=O) groups excluding carboxylic acids is 1. The number of anilines is 1. The Hall–Kier alpha value is -4.00. The van der Waals surface area contributed by atoms with Crippen molar-refractivity contribution < 1.29 is 4.79 Å². The highest BCUT2D eigenvalue weighted by atomic mass is 16.1. The van der Waals surface area contributed by atoms with Crippen LogP contribution < -0.4 is 11.1 Å². The summed E-state index contributed by atoms with van der Waals surface area (Å²) in [5, 5.41) is 7.68. The third-order valence-corrected chi connectivity index (χ3v) is 6.92. The van der Waals surface area contributed by atoms with Crippen LogP contribution in [0.2, 0.25) is 0 Å². The molecule has 0 atom stereocenters. The topological polar surface area (TPSA) is 98.2 Å². The fraction of sp³-hybridized carbons (Fsp3) is 0.333. The van der Waals surface area contributed by atoms with E-state index in [2.05, 4.69) is 49.4 Å². The number of rotatable bonds is 6. The smallest absolute Gasteiger partial charge is 0.257 e. The summed E-state index contributed by atoms with van der Waals surface area (Å²) in [6.45, 7) is 7.11. The molecule has 0 bridgehead atoms. The molecule has 190 valence electrons. The second-order valence-electron chi connectivity index (χ2n) is 10.7. The zero-order valence-electron chi connectivity index (χ0n) is 21.8. The van der Waals surface area contributed by atoms with Gasteiger partial charge in [0.05, 0.1) is 17.2 Å². The van der Waals surface area contributed by atoms with Gasteiger partial charge in [-0.3, -0.25) is 4.79 Å². The number of nitrogens with two attached hydrogens (primary N) is 1. The summed E-state index contributed by atoms with van der Waals surface area (Å²) in [4.78, 5) is 22.9. The van der Waals surface area contributed by atoms with E-state index in [0.29, 0.717) is 28.8 Å². The van der Waals surface area contributed by atoms with E-state index < -0.39 is 0 Å². The lowest BCUT2D eigenvalue weighted by Crippen LogP contribution is -2.25. The zero-order chi connectivity index (χ0) is 26.0. The Morgan fingerprint density at radius 1 is 1.08 bits per heavy atom. The minimum Gasteiger partial charge on any atom is -0.383 e. The first-order chi connectivity index (χ1) is 17.8. The Balaban J connectivity index is 1.49. The van der Waals surface area contributed by atoms with Crippen LogP contribution >= 0.6 is 0 Å². The predicted octanol–water partition coefficient (Wildman–Crippen LogP) is 5.97. The average molecular weight is 495 g/mol. The molecule has 2 aromatic carbocycles. The van der Waals surface area contributed by atoms with Crippen LogP contribution in [0.5, 0.6) is 0 Å². The second kappa shape index (κ2) is 10.2. The molecule has 4 aromatic rings. The molecule has 37 heavy (non-hydrogen) atoms. The van der Waals surface area contributed by atoms with Gasteiger partial charge in [0.2, 0.25) is 0 Å². The van der Waals surface area contributed by atoms with Crippen molar-refractivity contribution in [3.63, 3.8) is 0 Å². The van der Waals surface area contributed by atoms with E-state index in [4.69, 9.17) is 15.7 Å². The van der Waals surface area contributed by atoms with E-state index in [-0.39, 0.29) is 17.1 Å². The molecule has 0 radical (unpaired) electrons. The lowest BCUT2D eigenvalue weighted by molar-refractivity contribution is 0.0956. The molecule has 0 fully saturated rings. The number of benzene rings is 2. The van der Waals surface area contributed by atoms with Gasteiger partial charge in [-0.05, 0) is 60.8 Å². The third-order valence-electron chi connectivity index (χ3n) is 6.92. The molecule has 3 N–H and O–H groups in total. The van der Waals surface area contributed by atoms with Crippen molar-refractivity contribution in [1.29, 1.82) is 0 Å². The summed E-state index contributed by atoms with van der Waals surface area (Å²) in [5.41, 5.74) is 12.8. The van der Waals surface area contributed by atoms with Crippen LogP contribution in [0.1, 0.15) is 74.4 Å². The molecular weight excluding hydrogens is 460 g/mol. The summed E-state index contributed by atoms with van der Waals surface area (Å²) >= 11 is 0. The van der Waals surface area contributed by atoms with E-state index >= 15 is 0 Å². The normalized spacial score (nSPS) is 14.4. The molecular formula is C30H34N6O. The van der Waals surface area contributed by atoms with Gasteiger partial charge in [-0.15, -0.1) is 0 Å². The van der Waals surface area contributed by atoms with Gasteiger partial charge in [0.25, 0.3) is 5.91 Å². The van der Waals surface area contributed by atoms with Gasteiger partial charge in [0.15, 0.2) is 5.65 Å².